The molecular weight excluding hydrogens is 446 g/mol. The summed E-state index contributed by atoms with van der Waals surface area (Å²) in [5, 5.41) is 4.25. The molecule has 0 aliphatic heterocycles. The fourth-order valence-corrected chi connectivity index (χ4v) is 4.43. The number of nitrogens with two attached hydrogens (primary N) is 1. The first-order valence-corrected chi connectivity index (χ1v) is 11.6. The number of hydrogen-bond acceptors (Lipinski definition) is 8. The SMILES string of the molecule is Cc1ccccc1-n1c(SCc2nc(N)nc(Nc3ccccc3)n2)nc2ccccc2c1=O. The Kier molecular flexibility index (Phi) is 5.92. The van der Waals surface area contributed by atoms with Crippen molar-refractivity contribution in [2.24, 2.45) is 0 Å². The Hall–Kier alpha value is -4.24. The minimum atomic E-state index is -0.121. The number of para-hydroxylation sites is 3. The van der Waals surface area contributed by atoms with Crippen molar-refractivity contribution in [3.63, 3.8) is 0 Å². The third-order valence-electron chi connectivity index (χ3n) is 5.16. The molecule has 34 heavy (non-hydrogen) atoms. The van der Waals surface area contributed by atoms with Crippen LogP contribution in [0.1, 0.15) is 11.4 Å². The number of anilines is 3. The van der Waals surface area contributed by atoms with Crippen LogP contribution in [-0.4, -0.2) is 24.5 Å². The normalized spacial score (nSPS) is 11.0. The highest BCUT2D eigenvalue weighted by Gasteiger charge is 2.16. The van der Waals surface area contributed by atoms with E-state index in [4.69, 9.17) is 10.7 Å². The van der Waals surface area contributed by atoms with Crippen molar-refractivity contribution < 1.29 is 0 Å². The van der Waals surface area contributed by atoms with Gasteiger partial charge < -0.3 is 11.1 Å². The zero-order chi connectivity index (χ0) is 23.5. The maximum atomic E-state index is 13.5. The number of aryl methyl sites for hydroxylation is 1. The fraction of sp³-hybridized carbons (Fsp3) is 0.0800. The zero-order valence-corrected chi connectivity index (χ0v) is 19.2. The molecule has 2 aromatic heterocycles. The summed E-state index contributed by atoms with van der Waals surface area (Å²) in [5.74, 6) is 1.31. The highest BCUT2D eigenvalue weighted by molar-refractivity contribution is 7.98. The Balaban J connectivity index is 1.52. The van der Waals surface area contributed by atoms with E-state index in [1.807, 2.05) is 79.7 Å². The highest BCUT2D eigenvalue weighted by Crippen LogP contribution is 2.25. The van der Waals surface area contributed by atoms with E-state index in [0.717, 1.165) is 16.9 Å². The van der Waals surface area contributed by atoms with Gasteiger partial charge >= 0.3 is 0 Å². The average Bonchev–Trinajstić information content (AvgIpc) is 2.84. The van der Waals surface area contributed by atoms with Crippen LogP contribution in [0.2, 0.25) is 0 Å². The summed E-state index contributed by atoms with van der Waals surface area (Å²) in [4.78, 5) is 31.2. The maximum absolute atomic E-state index is 13.5. The van der Waals surface area contributed by atoms with Crippen LogP contribution in [0.3, 0.4) is 0 Å². The zero-order valence-electron chi connectivity index (χ0n) is 18.3. The van der Waals surface area contributed by atoms with Crippen molar-refractivity contribution in [3.05, 3.63) is 101 Å². The molecule has 0 saturated carbocycles. The third kappa shape index (κ3) is 4.46. The summed E-state index contributed by atoms with van der Waals surface area (Å²) >= 11 is 1.37. The number of hydrogen-bond donors (Lipinski definition) is 2. The number of nitrogens with zero attached hydrogens (tertiary/aromatic N) is 5. The lowest BCUT2D eigenvalue weighted by atomic mass is 10.2. The largest absolute Gasteiger partial charge is 0.368 e. The molecule has 0 unspecified atom stereocenters. The number of aromatic nitrogens is 5. The molecule has 8 nitrogen and oxygen atoms in total. The van der Waals surface area contributed by atoms with E-state index >= 15 is 0 Å². The van der Waals surface area contributed by atoms with Gasteiger partial charge in [0.15, 0.2) is 5.16 Å². The van der Waals surface area contributed by atoms with Gasteiger partial charge in [-0.2, -0.15) is 15.0 Å². The Morgan fingerprint density at radius 1 is 0.882 bits per heavy atom. The van der Waals surface area contributed by atoms with Crippen molar-refractivity contribution in [1.82, 2.24) is 24.5 Å². The molecule has 0 atom stereocenters. The molecule has 5 aromatic rings. The van der Waals surface area contributed by atoms with Crippen molar-refractivity contribution in [2.75, 3.05) is 11.1 Å². The predicted octanol–water partition coefficient (Wildman–Crippen LogP) is 4.50. The third-order valence-corrected chi connectivity index (χ3v) is 6.10. The van der Waals surface area contributed by atoms with Gasteiger partial charge in [0.25, 0.3) is 5.56 Å². The molecule has 3 aromatic carbocycles. The first-order chi connectivity index (χ1) is 16.6. The van der Waals surface area contributed by atoms with Crippen LogP contribution >= 0.6 is 11.8 Å². The van der Waals surface area contributed by atoms with Gasteiger partial charge in [-0.25, -0.2) is 4.98 Å². The Labute approximate surface area is 199 Å². The summed E-state index contributed by atoms with van der Waals surface area (Å²) in [5.41, 5.74) is 9.06. The minimum Gasteiger partial charge on any atom is -0.368 e. The second kappa shape index (κ2) is 9.32. The molecular formula is C25H21N7OS. The molecule has 0 bridgehead atoms. The Morgan fingerprint density at radius 2 is 1.62 bits per heavy atom. The van der Waals surface area contributed by atoms with Gasteiger partial charge in [0, 0.05) is 5.69 Å². The Bertz CT molecular complexity index is 1540. The van der Waals surface area contributed by atoms with Crippen LogP contribution in [0.4, 0.5) is 17.6 Å². The molecule has 5 rings (SSSR count). The van der Waals surface area contributed by atoms with Crippen molar-refractivity contribution in [3.8, 4) is 5.69 Å². The van der Waals surface area contributed by atoms with Crippen molar-refractivity contribution in [2.45, 2.75) is 17.8 Å². The van der Waals surface area contributed by atoms with Crippen LogP contribution in [-0.2, 0) is 5.75 Å². The average molecular weight is 468 g/mol. The van der Waals surface area contributed by atoms with Crippen LogP contribution in [0, 0.1) is 6.92 Å². The van der Waals surface area contributed by atoms with Gasteiger partial charge in [-0.05, 0) is 42.8 Å². The van der Waals surface area contributed by atoms with Gasteiger partial charge in [-0.15, -0.1) is 0 Å². The van der Waals surface area contributed by atoms with E-state index in [0.29, 0.717) is 33.6 Å². The molecule has 0 aliphatic carbocycles. The van der Waals surface area contributed by atoms with E-state index in [-0.39, 0.29) is 11.5 Å². The van der Waals surface area contributed by atoms with E-state index in [1.54, 1.807) is 10.6 Å². The molecule has 0 saturated heterocycles. The van der Waals surface area contributed by atoms with Gasteiger partial charge in [-0.1, -0.05) is 60.3 Å². The first kappa shape index (κ1) is 21.6. The van der Waals surface area contributed by atoms with Crippen LogP contribution in [0.25, 0.3) is 16.6 Å². The second-order valence-corrected chi connectivity index (χ2v) is 8.49. The minimum absolute atomic E-state index is 0.117. The van der Waals surface area contributed by atoms with Gasteiger partial charge in [0.2, 0.25) is 11.9 Å². The predicted molar refractivity (Wildman–Crippen MR) is 136 cm³/mol. The standard InChI is InChI=1S/C25H21N7OS/c1-16-9-5-8-14-20(16)32-22(33)18-12-6-7-13-19(18)28-25(32)34-15-21-29-23(26)31-24(30-21)27-17-10-3-2-4-11-17/h2-14H,15H2,1H3,(H3,26,27,29,30,31). The summed E-state index contributed by atoms with van der Waals surface area (Å²) in [6.07, 6.45) is 0. The van der Waals surface area contributed by atoms with Crippen molar-refractivity contribution in [1.29, 1.82) is 0 Å². The maximum Gasteiger partial charge on any atom is 0.266 e. The highest BCUT2D eigenvalue weighted by atomic mass is 32.2. The quantitative estimate of drug-likeness (QED) is 0.277. The van der Waals surface area contributed by atoms with E-state index in [2.05, 4.69) is 20.3 Å². The number of thioether (sulfide) groups is 1. The smallest absolute Gasteiger partial charge is 0.266 e. The van der Waals surface area contributed by atoms with E-state index < -0.39 is 0 Å². The molecule has 9 heteroatoms. The summed E-state index contributed by atoms with van der Waals surface area (Å²) < 4.78 is 1.65. The number of nitrogens with one attached hydrogen (secondary N) is 1. The molecule has 2 heterocycles. The van der Waals surface area contributed by atoms with E-state index in [1.165, 1.54) is 11.8 Å². The van der Waals surface area contributed by atoms with Crippen molar-refractivity contribution >= 4 is 40.2 Å². The number of benzene rings is 3. The van der Waals surface area contributed by atoms with Crippen LogP contribution in [0.5, 0.6) is 0 Å². The first-order valence-electron chi connectivity index (χ1n) is 10.6. The molecule has 168 valence electrons. The summed E-state index contributed by atoms with van der Waals surface area (Å²) in [6, 6.07) is 24.7. The molecule has 3 N–H and O–H groups in total. The topological polar surface area (TPSA) is 112 Å². The lowest BCUT2D eigenvalue weighted by Gasteiger charge is -2.15. The van der Waals surface area contributed by atoms with E-state index in [9.17, 15) is 4.79 Å². The van der Waals surface area contributed by atoms with Gasteiger partial charge in [0.1, 0.15) is 5.82 Å². The summed E-state index contributed by atoms with van der Waals surface area (Å²) in [6.45, 7) is 1.97. The molecule has 0 aliphatic rings. The lowest BCUT2D eigenvalue weighted by Crippen LogP contribution is -2.22. The molecule has 0 spiro atoms. The van der Waals surface area contributed by atoms with Gasteiger partial charge in [-0.3, -0.25) is 9.36 Å². The second-order valence-electron chi connectivity index (χ2n) is 7.55. The number of rotatable bonds is 6. The molecule has 0 fully saturated rings. The fourth-order valence-electron chi connectivity index (χ4n) is 3.57. The van der Waals surface area contributed by atoms with Gasteiger partial charge in [0.05, 0.1) is 22.3 Å². The van der Waals surface area contributed by atoms with Crippen LogP contribution in [0.15, 0.2) is 88.8 Å². The Morgan fingerprint density at radius 3 is 2.44 bits per heavy atom. The number of fused-ring (bicyclic) bond motifs is 1. The van der Waals surface area contributed by atoms with Crippen LogP contribution < -0.4 is 16.6 Å². The summed E-state index contributed by atoms with van der Waals surface area (Å²) in [7, 11) is 0. The molecule has 0 radical (unpaired) electrons. The number of nitrogen functional groups attached to an aromatic ring is 1. The lowest BCUT2D eigenvalue weighted by molar-refractivity contribution is 0.813. The monoisotopic (exact) mass is 467 g/mol. The molecule has 0 amide bonds.